The number of aromatic nitrogens is 5. The molecule has 0 saturated heterocycles. The Kier molecular flexibility index (Phi) is 7.30. The number of carbonyl (C=O) groups excluding carboxylic acids is 2. The molecule has 3 aromatic rings. The van der Waals surface area contributed by atoms with E-state index in [-0.39, 0.29) is 24.1 Å². The molecule has 11 heteroatoms. The lowest BCUT2D eigenvalue weighted by Gasteiger charge is -2.07. The number of pyridine rings is 1. The van der Waals surface area contributed by atoms with E-state index in [0.717, 1.165) is 5.56 Å². The Morgan fingerprint density at radius 3 is 2.90 bits per heavy atom. The van der Waals surface area contributed by atoms with Crippen LogP contribution < -0.4 is 5.32 Å². The van der Waals surface area contributed by atoms with Crippen LogP contribution in [0.3, 0.4) is 0 Å². The second-order valence-electron chi connectivity index (χ2n) is 5.75. The first-order valence-corrected chi connectivity index (χ1v) is 10.8. The van der Waals surface area contributed by atoms with Crippen LogP contribution in [0.25, 0.3) is 11.4 Å². The first-order chi connectivity index (χ1) is 14.1. The molecular formula is C18H20N6O3S2. The van der Waals surface area contributed by atoms with Crippen molar-refractivity contribution in [3.05, 3.63) is 35.6 Å². The quantitative estimate of drug-likeness (QED) is 0.406. The van der Waals surface area contributed by atoms with Crippen LogP contribution in [0.5, 0.6) is 0 Å². The van der Waals surface area contributed by atoms with Crippen molar-refractivity contribution in [3.63, 3.8) is 0 Å². The van der Waals surface area contributed by atoms with Crippen molar-refractivity contribution < 1.29 is 14.3 Å². The molecule has 0 aliphatic rings. The van der Waals surface area contributed by atoms with Gasteiger partial charge < -0.3 is 14.6 Å². The number of thiazole rings is 1. The summed E-state index contributed by atoms with van der Waals surface area (Å²) in [6, 6.07) is 3.76. The maximum absolute atomic E-state index is 12.3. The summed E-state index contributed by atoms with van der Waals surface area (Å²) in [5, 5.41) is 14.0. The SMILES string of the molecule is CCOC(=O)Cc1csc(NC(=O)CSc2nnc(-c3cccnc3)n2CC)n1. The predicted octanol–water partition coefficient (Wildman–Crippen LogP) is 2.65. The minimum absolute atomic E-state index is 0.0890. The highest BCUT2D eigenvalue weighted by atomic mass is 32.2. The zero-order valence-electron chi connectivity index (χ0n) is 16.0. The van der Waals surface area contributed by atoms with Gasteiger partial charge in [0.25, 0.3) is 0 Å². The summed E-state index contributed by atoms with van der Waals surface area (Å²) >= 11 is 2.57. The van der Waals surface area contributed by atoms with E-state index >= 15 is 0 Å². The standard InChI is InChI=1S/C18H20N6O3S2/c1-3-24-16(12-6-5-7-19-9-12)22-23-18(24)29-11-14(25)21-17-20-13(10-28-17)8-15(26)27-4-2/h5-7,9-10H,3-4,8,11H2,1-2H3,(H,20,21,25). The number of esters is 1. The Morgan fingerprint density at radius 1 is 1.31 bits per heavy atom. The lowest BCUT2D eigenvalue weighted by Crippen LogP contribution is -2.15. The van der Waals surface area contributed by atoms with Crippen molar-refractivity contribution in [2.24, 2.45) is 0 Å². The molecule has 3 aromatic heterocycles. The molecule has 152 valence electrons. The molecule has 0 aliphatic carbocycles. The number of rotatable bonds is 9. The maximum atomic E-state index is 12.3. The van der Waals surface area contributed by atoms with Gasteiger partial charge in [-0.25, -0.2) is 4.98 Å². The fourth-order valence-electron chi connectivity index (χ4n) is 2.48. The second-order valence-corrected chi connectivity index (χ2v) is 7.56. The second kappa shape index (κ2) is 10.1. The fourth-order valence-corrected chi connectivity index (χ4v) is 4.01. The molecular weight excluding hydrogens is 412 g/mol. The van der Waals surface area contributed by atoms with Crippen LogP contribution in [0.15, 0.2) is 35.1 Å². The number of ether oxygens (including phenoxy) is 1. The van der Waals surface area contributed by atoms with Crippen LogP contribution in [-0.4, -0.2) is 49.0 Å². The van der Waals surface area contributed by atoms with Crippen LogP contribution in [0.1, 0.15) is 19.5 Å². The van der Waals surface area contributed by atoms with Gasteiger partial charge in [-0.05, 0) is 26.0 Å². The fraction of sp³-hybridized carbons (Fsp3) is 0.333. The van der Waals surface area contributed by atoms with Gasteiger partial charge in [0, 0.05) is 29.9 Å². The zero-order chi connectivity index (χ0) is 20.6. The summed E-state index contributed by atoms with van der Waals surface area (Å²) in [6.07, 6.45) is 3.52. The summed E-state index contributed by atoms with van der Waals surface area (Å²) in [5.41, 5.74) is 1.44. The Labute approximate surface area is 175 Å². The first-order valence-electron chi connectivity index (χ1n) is 8.97. The number of amides is 1. The van der Waals surface area contributed by atoms with Crippen LogP contribution >= 0.6 is 23.1 Å². The number of nitrogens with one attached hydrogen (secondary N) is 1. The smallest absolute Gasteiger partial charge is 0.311 e. The lowest BCUT2D eigenvalue weighted by molar-refractivity contribution is -0.142. The molecule has 3 rings (SSSR count). The number of anilines is 1. The van der Waals surface area contributed by atoms with Gasteiger partial charge >= 0.3 is 5.97 Å². The third-order valence-corrected chi connectivity index (χ3v) is 5.49. The van der Waals surface area contributed by atoms with E-state index in [2.05, 4.69) is 25.5 Å². The molecule has 0 radical (unpaired) electrons. The molecule has 1 amide bonds. The summed E-state index contributed by atoms with van der Waals surface area (Å²) in [4.78, 5) is 32.1. The van der Waals surface area contributed by atoms with Gasteiger partial charge in [0.1, 0.15) is 0 Å². The number of hydrogen-bond donors (Lipinski definition) is 1. The third kappa shape index (κ3) is 5.61. The summed E-state index contributed by atoms with van der Waals surface area (Å²) in [7, 11) is 0. The normalized spacial score (nSPS) is 10.7. The average molecular weight is 433 g/mol. The number of carbonyl (C=O) groups is 2. The van der Waals surface area contributed by atoms with E-state index in [1.54, 1.807) is 24.7 Å². The lowest BCUT2D eigenvalue weighted by atomic mass is 10.3. The highest BCUT2D eigenvalue weighted by Crippen LogP contribution is 2.24. The maximum Gasteiger partial charge on any atom is 0.311 e. The van der Waals surface area contributed by atoms with Gasteiger partial charge in [-0.2, -0.15) is 0 Å². The molecule has 3 heterocycles. The van der Waals surface area contributed by atoms with Gasteiger partial charge in [-0.15, -0.1) is 21.5 Å². The van der Waals surface area contributed by atoms with E-state index in [4.69, 9.17) is 4.74 Å². The van der Waals surface area contributed by atoms with Crippen molar-refractivity contribution in [3.8, 4) is 11.4 Å². The first kappa shape index (κ1) is 20.9. The Bertz CT molecular complexity index is 973. The molecule has 1 N–H and O–H groups in total. The third-order valence-electron chi connectivity index (χ3n) is 3.71. The summed E-state index contributed by atoms with van der Waals surface area (Å²) < 4.78 is 6.84. The molecule has 9 nitrogen and oxygen atoms in total. The monoisotopic (exact) mass is 432 g/mol. The van der Waals surface area contributed by atoms with Gasteiger partial charge in [0.05, 0.1) is 24.5 Å². The van der Waals surface area contributed by atoms with Crippen LogP contribution in [-0.2, 0) is 27.3 Å². The number of nitrogens with zero attached hydrogens (tertiary/aromatic N) is 5. The molecule has 0 unspecified atom stereocenters. The molecule has 29 heavy (non-hydrogen) atoms. The van der Waals surface area contributed by atoms with Crippen molar-refractivity contribution in [2.45, 2.75) is 32.0 Å². The molecule has 0 aromatic carbocycles. The molecule has 0 atom stereocenters. The van der Waals surface area contributed by atoms with Crippen LogP contribution in [0.4, 0.5) is 5.13 Å². The van der Waals surface area contributed by atoms with Gasteiger partial charge in [-0.1, -0.05) is 11.8 Å². The highest BCUT2D eigenvalue weighted by Gasteiger charge is 2.15. The van der Waals surface area contributed by atoms with Crippen molar-refractivity contribution >= 4 is 40.1 Å². The zero-order valence-corrected chi connectivity index (χ0v) is 17.6. The van der Waals surface area contributed by atoms with Crippen molar-refractivity contribution in [1.29, 1.82) is 0 Å². The van der Waals surface area contributed by atoms with Gasteiger partial charge in [0.15, 0.2) is 16.1 Å². The van der Waals surface area contributed by atoms with E-state index < -0.39 is 0 Å². The Balaban J connectivity index is 1.57. The minimum Gasteiger partial charge on any atom is -0.466 e. The average Bonchev–Trinajstić information content (AvgIpc) is 3.33. The molecule has 0 bridgehead atoms. The molecule has 0 aliphatic heterocycles. The molecule has 0 spiro atoms. The van der Waals surface area contributed by atoms with E-state index in [0.29, 0.717) is 35.0 Å². The summed E-state index contributed by atoms with van der Waals surface area (Å²) in [6.45, 7) is 4.74. The van der Waals surface area contributed by atoms with Crippen LogP contribution in [0, 0.1) is 0 Å². The largest absolute Gasteiger partial charge is 0.466 e. The van der Waals surface area contributed by atoms with Crippen molar-refractivity contribution in [1.82, 2.24) is 24.7 Å². The minimum atomic E-state index is -0.338. The van der Waals surface area contributed by atoms with E-state index in [1.165, 1.54) is 23.1 Å². The number of thioether (sulfide) groups is 1. The number of hydrogen-bond acceptors (Lipinski definition) is 9. The van der Waals surface area contributed by atoms with Gasteiger partial charge in [-0.3, -0.25) is 14.6 Å². The van der Waals surface area contributed by atoms with E-state index in [9.17, 15) is 9.59 Å². The van der Waals surface area contributed by atoms with Crippen molar-refractivity contribution in [2.75, 3.05) is 17.7 Å². The Morgan fingerprint density at radius 2 is 2.17 bits per heavy atom. The highest BCUT2D eigenvalue weighted by molar-refractivity contribution is 7.99. The van der Waals surface area contributed by atoms with Gasteiger partial charge in [0.2, 0.25) is 5.91 Å². The molecule has 0 fully saturated rings. The van der Waals surface area contributed by atoms with Crippen LogP contribution in [0.2, 0.25) is 0 Å². The predicted molar refractivity (Wildman–Crippen MR) is 111 cm³/mol. The Hall–Kier alpha value is -2.79. The van der Waals surface area contributed by atoms with E-state index in [1.807, 2.05) is 23.6 Å². The molecule has 0 saturated carbocycles. The topological polar surface area (TPSA) is 112 Å². The summed E-state index contributed by atoms with van der Waals surface area (Å²) in [5.74, 6) is 0.333.